The van der Waals surface area contributed by atoms with Crippen molar-refractivity contribution < 1.29 is 14.3 Å². The number of amides is 1. The molecule has 1 aliphatic rings. The van der Waals surface area contributed by atoms with Crippen LogP contribution < -0.4 is 14.8 Å². The van der Waals surface area contributed by atoms with E-state index in [-0.39, 0.29) is 17.6 Å². The van der Waals surface area contributed by atoms with Gasteiger partial charge in [-0.2, -0.15) is 0 Å². The largest absolute Gasteiger partial charge is 0.496 e. The number of ether oxygens (including phenoxy) is 2. The highest BCUT2D eigenvalue weighted by Gasteiger charge is 2.34. The van der Waals surface area contributed by atoms with Crippen molar-refractivity contribution in [1.82, 2.24) is 5.32 Å². The first-order chi connectivity index (χ1) is 11.9. The predicted molar refractivity (Wildman–Crippen MR) is 98.1 cm³/mol. The van der Waals surface area contributed by atoms with E-state index in [2.05, 4.69) is 19.2 Å². The third-order valence-electron chi connectivity index (χ3n) is 4.54. The van der Waals surface area contributed by atoms with Crippen LogP contribution in [0.1, 0.15) is 43.0 Å². The van der Waals surface area contributed by atoms with Gasteiger partial charge in [0.2, 0.25) is 5.91 Å². The number of hydrogen-bond acceptors (Lipinski definition) is 3. The lowest BCUT2D eigenvalue weighted by atomic mass is 9.89. The van der Waals surface area contributed by atoms with Gasteiger partial charge in [-0.25, -0.2) is 0 Å². The van der Waals surface area contributed by atoms with Crippen molar-refractivity contribution in [2.75, 3.05) is 7.11 Å². The van der Waals surface area contributed by atoms with Gasteiger partial charge >= 0.3 is 0 Å². The molecular weight excluding hydrogens is 314 g/mol. The molecule has 2 aromatic carbocycles. The summed E-state index contributed by atoms with van der Waals surface area (Å²) in [5.74, 6) is 1.70. The summed E-state index contributed by atoms with van der Waals surface area (Å²) in [5.41, 5.74) is 2.75. The van der Waals surface area contributed by atoms with Crippen LogP contribution in [0.3, 0.4) is 0 Å². The Kier molecular flexibility index (Phi) is 4.71. The Morgan fingerprint density at radius 1 is 1.28 bits per heavy atom. The van der Waals surface area contributed by atoms with E-state index >= 15 is 0 Å². The first-order valence-electron chi connectivity index (χ1n) is 8.59. The molecule has 0 saturated heterocycles. The average Bonchev–Trinajstić information content (AvgIpc) is 2.54. The number of nitrogens with one attached hydrogen (secondary N) is 1. The molecule has 0 bridgehead atoms. The summed E-state index contributed by atoms with van der Waals surface area (Å²) in [4.78, 5) is 12.6. The van der Waals surface area contributed by atoms with E-state index in [0.29, 0.717) is 6.42 Å². The van der Waals surface area contributed by atoms with Crippen LogP contribution >= 0.6 is 0 Å². The van der Waals surface area contributed by atoms with E-state index in [1.54, 1.807) is 7.11 Å². The lowest BCUT2D eigenvalue weighted by Crippen LogP contribution is -2.41. The molecule has 3 rings (SSSR count). The minimum atomic E-state index is -0.303. The van der Waals surface area contributed by atoms with E-state index in [1.165, 1.54) is 0 Å². The van der Waals surface area contributed by atoms with Gasteiger partial charge in [0.15, 0.2) is 0 Å². The van der Waals surface area contributed by atoms with Gasteiger partial charge in [-0.1, -0.05) is 30.3 Å². The monoisotopic (exact) mass is 339 g/mol. The molecule has 0 fully saturated rings. The first-order valence-corrected chi connectivity index (χ1v) is 8.59. The van der Waals surface area contributed by atoms with Crippen LogP contribution in [0.25, 0.3) is 0 Å². The van der Waals surface area contributed by atoms with Crippen molar-refractivity contribution in [3.63, 3.8) is 0 Å². The molecule has 25 heavy (non-hydrogen) atoms. The van der Waals surface area contributed by atoms with E-state index in [9.17, 15) is 4.79 Å². The minimum Gasteiger partial charge on any atom is -0.496 e. The van der Waals surface area contributed by atoms with E-state index < -0.39 is 0 Å². The van der Waals surface area contributed by atoms with Crippen molar-refractivity contribution >= 4 is 5.91 Å². The maximum absolute atomic E-state index is 12.6. The van der Waals surface area contributed by atoms with Gasteiger partial charge < -0.3 is 14.8 Å². The van der Waals surface area contributed by atoms with Crippen LogP contribution in [0, 0.1) is 6.92 Å². The molecule has 2 aromatic rings. The number of benzene rings is 2. The molecule has 0 aromatic heterocycles. The molecule has 1 N–H and O–H groups in total. The molecular formula is C21H25NO3. The number of rotatable bonds is 4. The smallest absolute Gasteiger partial charge is 0.224 e. The van der Waals surface area contributed by atoms with Gasteiger partial charge in [-0.15, -0.1) is 0 Å². The SMILES string of the molecule is COc1ccc(CC(=O)N[C@H]2CC(C)(C)Oc3ccccc32)cc1C. The fourth-order valence-electron chi connectivity index (χ4n) is 3.41. The highest BCUT2D eigenvalue weighted by atomic mass is 16.5. The second-order valence-corrected chi connectivity index (χ2v) is 7.20. The van der Waals surface area contributed by atoms with Crippen LogP contribution in [-0.2, 0) is 11.2 Å². The number of carbonyl (C=O) groups excluding carboxylic acids is 1. The topological polar surface area (TPSA) is 47.6 Å². The summed E-state index contributed by atoms with van der Waals surface area (Å²) in [6.45, 7) is 6.08. The van der Waals surface area contributed by atoms with Crippen LogP contribution in [0.4, 0.5) is 0 Å². The zero-order valence-corrected chi connectivity index (χ0v) is 15.3. The Morgan fingerprint density at radius 3 is 2.76 bits per heavy atom. The minimum absolute atomic E-state index is 0.0158. The molecule has 1 heterocycles. The standard InChI is InChI=1S/C21H25NO3/c1-14-11-15(9-10-18(14)24-4)12-20(23)22-17-13-21(2,3)25-19-8-6-5-7-16(17)19/h5-11,17H,12-13H2,1-4H3,(H,22,23)/t17-/m0/s1. The lowest BCUT2D eigenvalue weighted by molar-refractivity contribution is -0.121. The second kappa shape index (κ2) is 6.79. The normalized spacial score (nSPS) is 18.0. The van der Waals surface area contributed by atoms with Gasteiger partial charge in [0.05, 0.1) is 19.6 Å². The summed E-state index contributed by atoms with van der Waals surface area (Å²) in [7, 11) is 1.65. The molecule has 1 aliphatic heterocycles. The van der Waals surface area contributed by atoms with Crippen molar-refractivity contribution in [2.24, 2.45) is 0 Å². The van der Waals surface area contributed by atoms with Crippen LogP contribution in [0.15, 0.2) is 42.5 Å². The Bertz CT molecular complexity index is 782. The van der Waals surface area contributed by atoms with E-state index in [0.717, 1.165) is 34.6 Å². The Balaban J connectivity index is 1.73. The summed E-state index contributed by atoms with van der Waals surface area (Å²) in [5, 5.41) is 3.18. The quantitative estimate of drug-likeness (QED) is 0.917. The number of para-hydroxylation sites is 1. The molecule has 0 aliphatic carbocycles. The molecule has 1 atom stereocenters. The molecule has 0 spiro atoms. The fraction of sp³-hybridized carbons (Fsp3) is 0.381. The molecule has 4 nitrogen and oxygen atoms in total. The second-order valence-electron chi connectivity index (χ2n) is 7.20. The molecule has 4 heteroatoms. The third-order valence-corrected chi connectivity index (χ3v) is 4.54. The van der Waals surface area contributed by atoms with Crippen molar-refractivity contribution in [1.29, 1.82) is 0 Å². The van der Waals surface area contributed by atoms with Crippen molar-refractivity contribution in [3.05, 3.63) is 59.2 Å². The Morgan fingerprint density at radius 2 is 2.04 bits per heavy atom. The number of methoxy groups -OCH3 is 1. The zero-order chi connectivity index (χ0) is 18.0. The summed E-state index contributed by atoms with van der Waals surface area (Å²) in [6, 6.07) is 13.7. The number of hydrogen-bond donors (Lipinski definition) is 1. The fourth-order valence-corrected chi connectivity index (χ4v) is 3.41. The van der Waals surface area contributed by atoms with Crippen molar-refractivity contribution in [2.45, 2.75) is 45.3 Å². The predicted octanol–water partition coefficient (Wildman–Crippen LogP) is 3.96. The molecule has 132 valence electrons. The summed E-state index contributed by atoms with van der Waals surface area (Å²) < 4.78 is 11.3. The molecule has 0 saturated carbocycles. The number of fused-ring (bicyclic) bond motifs is 1. The van der Waals surface area contributed by atoms with Crippen LogP contribution in [0.2, 0.25) is 0 Å². The van der Waals surface area contributed by atoms with E-state index in [1.807, 2.05) is 49.4 Å². The van der Waals surface area contributed by atoms with E-state index in [4.69, 9.17) is 9.47 Å². The summed E-state index contributed by atoms with van der Waals surface area (Å²) >= 11 is 0. The average molecular weight is 339 g/mol. The maximum atomic E-state index is 12.6. The number of aryl methyl sites for hydroxylation is 1. The zero-order valence-electron chi connectivity index (χ0n) is 15.3. The Labute approximate surface area is 149 Å². The van der Waals surface area contributed by atoms with Crippen molar-refractivity contribution in [3.8, 4) is 11.5 Å². The summed E-state index contributed by atoms with van der Waals surface area (Å²) in [6.07, 6.45) is 1.10. The Hall–Kier alpha value is -2.49. The molecule has 0 unspecified atom stereocenters. The number of carbonyl (C=O) groups is 1. The first kappa shape index (κ1) is 17.3. The maximum Gasteiger partial charge on any atom is 0.224 e. The lowest BCUT2D eigenvalue weighted by Gasteiger charge is -2.37. The van der Waals surface area contributed by atoms with Gasteiger partial charge in [-0.3, -0.25) is 4.79 Å². The van der Waals surface area contributed by atoms with Crippen LogP contribution in [0.5, 0.6) is 11.5 Å². The van der Waals surface area contributed by atoms with Gasteiger partial charge in [-0.05, 0) is 44.0 Å². The van der Waals surface area contributed by atoms with Gasteiger partial charge in [0, 0.05) is 12.0 Å². The highest BCUT2D eigenvalue weighted by Crippen LogP contribution is 2.39. The van der Waals surface area contributed by atoms with Gasteiger partial charge in [0.1, 0.15) is 17.1 Å². The molecule has 0 radical (unpaired) electrons. The highest BCUT2D eigenvalue weighted by molar-refractivity contribution is 5.79. The third kappa shape index (κ3) is 3.95. The van der Waals surface area contributed by atoms with Crippen LogP contribution in [-0.4, -0.2) is 18.6 Å². The molecule has 1 amide bonds. The van der Waals surface area contributed by atoms with Gasteiger partial charge in [0.25, 0.3) is 0 Å².